The Kier molecular flexibility index (Phi) is 3.64. The fourth-order valence-electron chi connectivity index (χ4n) is 1.91. The summed E-state index contributed by atoms with van der Waals surface area (Å²) in [5, 5.41) is 13.6. The van der Waals surface area contributed by atoms with Crippen molar-refractivity contribution in [2.24, 2.45) is 0 Å². The number of aromatic amines is 1. The molecule has 112 valence electrons. The quantitative estimate of drug-likeness (QED) is 0.774. The van der Waals surface area contributed by atoms with Gasteiger partial charge in [0, 0.05) is 17.3 Å². The molecule has 2 N–H and O–H groups in total. The van der Waals surface area contributed by atoms with Crippen molar-refractivity contribution in [2.75, 3.05) is 5.32 Å². The molecule has 0 aliphatic rings. The zero-order valence-electron chi connectivity index (χ0n) is 11.8. The molecular weight excluding hydrogens is 306 g/mol. The van der Waals surface area contributed by atoms with Crippen molar-refractivity contribution in [3.63, 3.8) is 0 Å². The van der Waals surface area contributed by atoms with Crippen molar-refractivity contribution < 1.29 is 9.32 Å². The van der Waals surface area contributed by atoms with Gasteiger partial charge in [-0.05, 0) is 32.0 Å². The average molecular weight is 318 g/mol. The second-order valence-electron chi connectivity index (χ2n) is 4.72. The molecule has 3 aromatic rings. The Morgan fingerprint density at radius 3 is 2.73 bits per heavy atom. The van der Waals surface area contributed by atoms with Gasteiger partial charge in [-0.15, -0.1) is 0 Å². The third-order valence-electron chi connectivity index (χ3n) is 2.93. The van der Waals surface area contributed by atoms with E-state index >= 15 is 0 Å². The summed E-state index contributed by atoms with van der Waals surface area (Å²) in [6.45, 7) is 3.52. The summed E-state index contributed by atoms with van der Waals surface area (Å²) in [6, 6.07) is 6.65. The number of hydrogen-bond acceptors (Lipinski definition) is 5. The summed E-state index contributed by atoms with van der Waals surface area (Å²) in [4.78, 5) is 16.2. The van der Waals surface area contributed by atoms with Crippen LogP contribution in [0.15, 0.2) is 28.8 Å². The molecule has 0 saturated carbocycles. The lowest BCUT2D eigenvalue weighted by atomic mass is 10.2. The third-order valence-corrected chi connectivity index (χ3v) is 3.24. The standard InChI is InChI=1S/C14H12ClN5O2/c1-7-5-12(20-22-7)14(21)17-9-3-4-10(11(15)6-9)13-16-8(2)18-19-13/h3-6H,1-2H3,(H,17,21)(H,16,18,19). The van der Waals surface area contributed by atoms with Crippen LogP contribution in [0.5, 0.6) is 0 Å². The van der Waals surface area contributed by atoms with Crippen LogP contribution < -0.4 is 5.32 Å². The van der Waals surface area contributed by atoms with Crippen LogP contribution in [0.25, 0.3) is 11.4 Å². The molecule has 22 heavy (non-hydrogen) atoms. The van der Waals surface area contributed by atoms with E-state index in [4.69, 9.17) is 16.1 Å². The molecule has 2 aromatic heterocycles. The van der Waals surface area contributed by atoms with E-state index in [0.717, 1.165) is 0 Å². The SMILES string of the molecule is Cc1nc(-c2ccc(NC(=O)c3cc(C)on3)cc2Cl)n[nH]1. The van der Waals surface area contributed by atoms with Gasteiger partial charge in [0.1, 0.15) is 11.6 Å². The van der Waals surface area contributed by atoms with E-state index in [2.05, 4.69) is 25.7 Å². The van der Waals surface area contributed by atoms with Gasteiger partial charge in [0.15, 0.2) is 11.5 Å². The molecular formula is C14H12ClN5O2. The topological polar surface area (TPSA) is 96.7 Å². The average Bonchev–Trinajstić information content (AvgIpc) is 3.08. The van der Waals surface area contributed by atoms with E-state index in [0.29, 0.717) is 33.7 Å². The summed E-state index contributed by atoms with van der Waals surface area (Å²) in [5.74, 6) is 1.41. The molecule has 0 atom stereocenters. The summed E-state index contributed by atoms with van der Waals surface area (Å²) < 4.78 is 4.87. The number of benzene rings is 1. The molecule has 0 bridgehead atoms. The van der Waals surface area contributed by atoms with Gasteiger partial charge in [0.05, 0.1) is 5.02 Å². The monoisotopic (exact) mass is 317 g/mol. The van der Waals surface area contributed by atoms with Crippen LogP contribution >= 0.6 is 11.6 Å². The zero-order valence-corrected chi connectivity index (χ0v) is 12.6. The van der Waals surface area contributed by atoms with Crippen molar-refractivity contribution in [1.29, 1.82) is 0 Å². The maximum absolute atomic E-state index is 12.0. The first-order valence-electron chi connectivity index (χ1n) is 6.46. The lowest BCUT2D eigenvalue weighted by molar-refractivity contribution is 0.101. The number of H-pyrrole nitrogens is 1. The third kappa shape index (κ3) is 2.84. The molecule has 0 saturated heterocycles. The van der Waals surface area contributed by atoms with Crippen LogP contribution in [0, 0.1) is 13.8 Å². The minimum atomic E-state index is -0.366. The van der Waals surface area contributed by atoms with E-state index in [1.54, 1.807) is 38.1 Å². The van der Waals surface area contributed by atoms with Crippen molar-refractivity contribution in [3.05, 3.63) is 46.6 Å². The van der Waals surface area contributed by atoms with Gasteiger partial charge in [-0.25, -0.2) is 4.98 Å². The largest absolute Gasteiger partial charge is 0.361 e. The summed E-state index contributed by atoms with van der Waals surface area (Å²) in [7, 11) is 0. The number of carbonyl (C=O) groups excluding carboxylic acids is 1. The number of aromatic nitrogens is 4. The van der Waals surface area contributed by atoms with Crippen molar-refractivity contribution in [1.82, 2.24) is 20.3 Å². The van der Waals surface area contributed by atoms with Gasteiger partial charge in [-0.3, -0.25) is 9.89 Å². The molecule has 1 aromatic carbocycles. The lowest BCUT2D eigenvalue weighted by Gasteiger charge is -2.05. The first kappa shape index (κ1) is 14.3. The maximum atomic E-state index is 12.0. The van der Waals surface area contributed by atoms with Crippen LogP contribution in [-0.2, 0) is 0 Å². The number of aryl methyl sites for hydroxylation is 2. The Bertz CT molecular complexity index is 839. The summed E-state index contributed by atoms with van der Waals surface area (Å²) in [6.07, 6.45) is 0. The van der Waals surface area contributed by atoms with E-state index in [1.807, 2.05) is 0 Å². The van der Waals surface area contributed by atoms with Crippen molar-refractivity contribution in [2.45, 2.75) is 13.8 Å². The number of carbonyl (C=O) groups is 1. The number of hydrogen-bond donors (Lipinski definition) is 2. The van der Waals surface area contributed by atoms with Gasteiger partial charge in [-0.1, -0.05) is 16.8 Å². The van der Waals surface area contributed by atoms with Gasteiger partial charge >= 0.3 is 0 Å². The predicted octanol–water partition coefficient (Wildman–Crippen LogP) is 2.98. The Balaban J connectivity index is 1.81. The number of halogens is 1. The highest BCUT2D eigenvalue weighted by Gasteiger charge is 2.13. The van der Waals surface area contributed by atoms with E-state index in [1.165, 1.54) is 0 Å². The molecule has 3 rings (SSSR count). The molecule has 0 radical (unpaired) electrons. The molecule has 7 nitrogen and oxygen atoms in total. The van der Waals surface area contributed by atoms with E-state index < -0.39 is 0 Å². The number of nitrogens with one attached hydrogen (secondary N) is 2. The highest BCUT2D eigenvalue weighted by Crippen LogP contribution is 2.28. The van der Waals surface area contributed by atoms with Crippen LogP contribution in [0.4, 0.5) is 5.69 Å². The molecule has 1 amide bonds. The highest BCUT2D eigenvalue weighted by molar-refractivity contribution is 6.33. The second kappa shape index (κ2) is 5.61. The van der Waals surface area contributed by atoms with Gasteiger partial charge in [-0.2, -0.15) is 5.10 Å². The molecule has 2 heterocycles. The summed E-state index contributed by atoms with van der Waals surface area (Å²) >= 11 is 6.23. The molecule has 8 heteroatoms. The maximum Gasteiger partial charge on any atom is 0.277 e. The van der Waals surface area contributed by atoms with Gasteiger partial charge in [0.2, 0.25) is 0 Å². The molecule has 0 unspecified atom stereocenters. The van der Waals surface area contributed by atoms with Crippen LogP contribution in [0.1, 0.15) is 22.1 Å². The molecule has 0 aliphatic carbocycles. The fraction of sp³-hybridized carbons (Fsp3) is 0.143. The molecule has 0 spiro atoms. The van der Waals surface area contributed by atoms with E-state index in [-0.39, 0.29) is 11.6 Å². The lowest BCUT2D eigenvalue weighted by Crippen LogP contribution is -2.12. The second-order valence-corrected chi connectivity index (χ2v) is 5.12. The first-order valence-corrected chi connectivity index (χ1v) is 6.84. The van der Waals surface area contributed by atoms with Gasteiger partial charge in [0.25, 0.3) is 5.91 Å². The Hall–Kier alpha value is -2.67. The van der Waals surface area contributed by atoms with Crippen molar-refractivity contribution in [3.8, 4) is 11.4 Å². The zero-order chi connectivity index (χ0) is 15.7. The van der Waals surface area contributed by atoms with E-state index in [9.17, 15) is 4.79 Å². The molecule has 0 fully saturated rings. The number of nitrogens with zero attached hydrogens (tertiary/aromatic N) is 3. The fourth-order valence-corrected chi connectivity index (χ4v) is 2.17. The smallest absolute Gasteiger partial charge is 0.277 e. The number of rotatable bonds is 3. The minimum absolute atomic E-state index is 0.210. The Labute approximate surface area is 130 Å². The van der Waals surface area contributed by atoms with Crippen LogP contribution in [0.3, 0.4) is 0 Å². The Morgan fingerprint density at radius 2 is 2.14 bits per heavy atom. The van der Waals surface area contributed by atoms with Crippen molar-refractivity contribution >= 4 is 23.2 Å². The molecule has 0 aliphatic heterocycles. The predicted molar refractivity (Wildman–Crippen MR) is 80.8 cm³/mol. The van der Waals surface area contributed by atoms with Gasteiger partial charge < -0.3 is 9.84 Å². The highest BCUT2D eigenvalue weighted by atomic mass is 35.5. The van der Waals surface area contributed by atoms with Crippen LogP contribution in [0.2, 0.25) is 5.02 Å². The summed E-state index contributed by atoms with van der Waals surface area (Å²) in [5.41, 5.74) is 1.44. The number of amides is 1. The Morgan fingerprint density at radius 1 is 1.32 bits per heavy atom. The minimum Gasteiger partial charge on any atom is -0.361 e. The normalized spacial score (nSPS) is 10.7. The van der Waals surface area contributed by atoms with Crippen LogP contribution in [-0.4, -0.2) is 26.2 Å². The number of anilines is 1. The first-order chi connectivity index (χ1) is 10.5.